The zero-order valence-electron chi connectivity index (χ0n) is 13.6. The molecule has 1 amide bonds. The number of likely N-dealkylation sites (tertiary alicyclic amines) is 1. The molecule has 1 heterocycles. The van der Waals surface area contributed by atoms with Crippen LogP contribution in [0.1, 0.15) is 32.6 Å². The van der Waals surface area contributed by atoms with E-state index in [1.165, 1.54) is 19.4 Å². The van der Waals surface area contributed by atoms with Gasteiger partial charge in [0.15, 0.2) is 0 Å². The molecule has 0 radical (unpaired) electrons. The Kier molecular flexibility index (Phi) is 6.05. The number of rotatable bonds is 6. The number of carbonyl (C=O) groups excluding carboxylic acids is 1. The van der Waals surface area contributed by atoms with Crippen molar-refractivity contribution >= 4 is 33.6 Å². The Morgan fingerprint density at radius 3 is 2.52 bits per heavy atom. The summed E-state index contributed by atoms with van der Waals surface area (Å²) in [7, 11) is 0. The maximum Gasteiger partial charge on any atom is 0.235 e. The number of carbonyl (C=O) groups is 1. The van der Waals surface area contributed by atoms with E-state index >= 15 is 0 Å². The normalized spacial score (nSPS) is 20.5. The smallest absolute Gasteiger partial charge is 0.235 e. The van der Waals surface area contributed by atoms with Gasteiger partial charge in [0.1, 0.15) is 0 Å². The summed E-state index contributed by atoms with van der Waals surface area (Å²) >= 11 is 5.09. The van der Waals surface area contributed by atoms with Gasteiger partial charge in [-0.15, -0.1) is 11.8 Å². The third kappa shape index (κ3) is 5.23. The minimum absolute atomic E-state index is 0.0212. The van der Waals surface area contributed by atoms with Crippen LogP contribution in [0.5, 0.6) is 0 Å². The largest absolute Gasteiger partial charge is 0.342 e. The molecule has 1 saturated carbocycles. The van der Waals surface area contributed by atoms with E-state index < -0.39 is 0 Å². The Balaban J connectivity index is 1.43. The van der Waals surface area contributed by atoms with E-state index in [1.807, 2.05) is 24.0 Å². The molecule has 2 aliphatic rings. The second kappa shape index (κ2) is 8.04. The number of hydrogen-bond acceptors (Lipinski definition) is 3. The van der Waals surface area contributed by atoms with E-state index in [9.17, 15) is 4.79 Å². The Morgan fingerprint density at radius 1 is 1.26 bits per heavy atom. The third-order valence-electron chi connectivity index (χ3n) is 4.67. The maximum absolute atomic E-state index is 12.6. The van der Waals surface area contributed by atoms with E-state index in [4.69, 9.17) is 0 Å². The van der Waals surface area contributed by atoms with Crippen molar-refractivity contribution in [2.24, 2.45) is 5.92 Å². The summed E-state index contributed by atoms with van der Waals surface area (Å²) in [6.45, 7) is 4.99. The number of nitrogens with zero attached hydrogens (tertiary/aromatic N) is 1. The predicted octanol–water partition coefficient (Wildman–Crippen LogP) is 3.92. The Hall–Kier alpha value is -0.520. The van der Waals surface area contributed by atoms with Gasteiger partial charge in [0.25, 0.3) is 0 Å². The highest BCUT2D eigenvalue weighted by molar-refractivity contribution is 9.10. The molecule has 1 aromatic rings. The molecule has 0 aromatic heterocycles. The number of amides is 1. The van der Waals surface area contributed by atoms with Crippen LogP contribution in [0.25, 0.3) is 0 Å². The quantitative estimate of drug-likeness (QED) is 0.739. The third-order valence-corrected chi connectivity index (χ3v) is 6.30. The van der Waals surface area contributed by atoms with Gasteiger partial charge in [-0.25, -0.2) is 0 Å². The van der Waals surface area contributed by atoms with Crippen LogP contribution in [0, 0.1) is 5.92 Å². The molecule has 1 aromatic carbocycles. The highest BCUT2D eigenvalue weighted by atomic mass is 79.9. The van der Waals surface area contributed by atoms with Gasteiger partial charge in [0.05, 0.1) is 5.25 Å². The Bertz CT molecular complexity index is 524. The van der Waals surface area contributed by atoms with Crippen molar-refractivity contribution in [3.8, 4) is 0 Å². The summed E-state index contributed by atoms with van der Waals surface area (Å²) in [5, 5.41) is 3.65. The standard InChI is InChI=1S/C18H25BrN2OS/c1-13(23-17-6-4-15(19)5-7-17)18(22)21-10-8-16(9-11-21)20-12-14-2-3-14/h4-7,13-14,16,20H,2-3,8-12H2,1H3. The number of thioether (sulfide) groups is 1. The van der Waals surface area contributed by atoms with Crippen molar-refractivity contribution in [3.05, 3.63) is 28.7 Å². The van der Waals surface area contributed by atoms with Crippen molar-refractivity contribution in [3.63, 3.8) is 0 Å². The van der Waals surface area contributed by atoms with Gasteiger partial charge >= 0.3 is 0 Å². The van der Waals surface area contributed by atoms with Crippen LogP contribution in [0.15, 0.2) is 33.6 Å². The molecular formula is C18H25BrN2OS. The van der Waals surface area contributed by atoms with Crippen molar-refractivity contribution < 1.29 is 4.79 Å². The first-order valence-corrected chi connectivity index (χ1v) is 10.2. The van der Waals surface area contributed by atoms with Crippen LogP contribution in [-0.2, 0) is 4.79 Å². The number of benzene rings is 1. The predicted molar refractivity (Wildman–Crippen MR) is 99.8 cm³/mol. The van der Waals surface area contributed by atoms with E-state index in [1.54, 1.807) is 11.8 Å². The van der Waals surface area contributed by atoms with Crippen LogP contribution in [-0.4, -0.2) is 41.7 Å². The molecule has 1 atom stereocenters. The van der Waals surface area contributed by atoms with Crippen molar-refractivity contribution in [1.29, 1.82) is 0 Å². The van der Waals surface area contributed by atoms with Gasteiger partial charge in [-0.1, -0.05) is 15.9 Å². The van der Waals surface area contributed by atoms with E-state index in [0.29, 0.717) is 6.04 Å². The first kappa shape index (κ1) is 17.3. The molecule has 1 aliphatic carbocycles. The van der Waals surface area contributed by atoms with Gasteiger partial charge < -0.3 is 10.2 Å². The van der Waals surface area contributed by atoms with Gasteiger partial charge in [-0.3, -0.25) is 4.79 Å². The fraction of sp³-hybridized carbons (Fsp3) is 0.611. The summed E-state index contributed by atoms with van der Waals surface area (Å²) in [6.07, 6.45) is 4.98. The van der Waals surface area contributed by atoms with E-state index in [2.05, 4.69) is 33.4 Å². The molecular weight excluding hydrogens is 372 g/mol. The fourth-order valence-electron chi connectivity index (χ4n) is 2.98. The number of hydrogen-bond donors (Lipinski definition) is 1. The second-order valence-electron chi connectivity index (χ2n) is 6.67. The molecule has 0 bridgehead atoms. The topological polar surface area (TPSA) is 32.3 Å². The minimum atomic E-state index is -0.0212. The maximum atomic E-state index is 12.6. The molecule has 3 nitrogen and oxygen atoms in total. The molecule has 23 heavy (non-hydrogen) atoms. The second-order valence-corrected chi connectivity index (χ2v) is 9.00. The average molecular weight is 397 g/mol. The number of piperidine rings is 1. The van der Waals surface area contributed by atoms with Gasteiger partial charge in [0, 0.05) is 28.5 Å². The summed E-state index contributed by atoms with van der Waals surface area (Å²) < 4.78 is 1.07. The Labute approximate surface area is 151 Å². The highest BCUT2D eigenvalue weighted by Crippen LogP contribution is 2.29. The molecule has 126 valence electrons. The van der Waals surface area contributed by atoms with Gasteiger partial charge in [-0.05, 0) is 69.3 Å². The molecule has 5 heteroatoms. The first-order chi connectivity index (χ1) is 11.1. The van der Waals surface area contributed by atoms with Crippen molar-refractivity contribution in [2.45, 2.75) is 48.8 Å². The highest BCUT2D eigenvalue weighted by Gasteiger charge is 2.28. The monoisotopic (exact) mass is 396 g/mol. The van der Waals surface area contributed by atoms with Crippen LogP contribution in [0.3, 0.4) is 0 Å². The SMILES string of the molecule is CC(Sc1ccc(Br)cc1)C(=O)N1CCC(NCC2CC2)CC1. The van der Waals surface area contributed by atoms with Crippen LogP contribution >= 0.6 is 27.7 Å². The molecule has 1 saturated heterocycles. The van der Waals surface area contributed by atoms with Gasteiger partial charge in [0.2, 0.25) is 5.91 Å². The molecule has 3 rings (SSSR count). The van der Waals surface area contributed by atoms with Crippen molar-refractivity contribution in [1.82, 2.24) is 10.2 Å². The first-order valence-electron chi connectivity index (χ1n) is 8.56. The average Bonchev–Trinajstić information content (AvgIpc) is 3.39. The molecule has 1 aliphatic heterocycles. The van der Waals surface area contributed by atoms with Crippen molar-refractivity contribution in [2.75, 3.05) is 19.6 Å². The van der Waals surface area contributed by atoms with Crippen LogP contribution in [0.4, 0.5) is 0 Å². The summed E-state index contributed by atoms with van der Waals surface area (Å²) in [4.78, 5) is 15.8. The van der Waals surface area contributed by atoms with Crippen LogP contribution in [0.2, 0.25) is 0 Å². The number of halogens is 1. The fourth-order valence-corrected chi connectivity index (χ4v) is 4.20. The lowest BCUT2D eigenvalue weighted by atomic mass is 10.0. The van der Waals surface area contributed by atoms with Gasteiger partial charge in [-0.2, -0.15) is 0 Å². The molecule has 2 fully saturated rings. The minimum Gasteiger partial charge on any atom is -0.342 e. The lowest BCUT2D eigenvalue weighted by Gasteiger charge is -2.34. The zero-order valence-corrected chi connectivity index (χ0v) is 16.0. The lowest BCUT2D eigenvalue weighted by Crippen LogP contribution is -2.47. The van der Waals surface area contributed by atoms with E-state index in [0.717, 1.165) is 41.2 Å². The number of nitrogens with one attached hydrogen (secondary N) is 1. The lowest BCUT2D eigenvalue weighted by molar-refractivity contribution is -0.131. The molecule has 1 unspecified atom stereocenters. The Morgan fingerprint density at radius 2 is 1.91 bits per heavy atom. The van der Waals surface area contributed by atoms with Crippen LogP contribution < -0.4 is 5.32 Å². The molecule has 0 spiro atoms. The zero-order chi connectivity index (χ0) is 16.2. The summed E-state index contributed by atoms with van der Waals surface area (Å²) in [5.41, 5.74) is 0. The summed E-state index contributed by atoms with van der Waals surface area (Å²) in [6, 6.07) is 8.78. The summed E-state index contributed by atoms with van der Waals surface area (Å²) in [5.74, 6) is 1.20. The molecule has 1 N–H and O–H groups in total. The van der Waals surface area contributed by atoms with E-state index in [-0.39, 0.29) is 11.2 Å².